The third kappa shape index (κ3) is 6.18. The lowest BCUT2D eigenvalue weighted by molar-refractivity contribution is -0.274. The normalized spacial score (nSPS) is 17.8. The molecule has 9 nitrogen and oxygen atoms in total. The molecule has 1 aromatic heterocycles. The third-order valence-electron chi connectivity index (χ3n) is 6.74. The molecule has 2 heterocycles. The number of halogens is 4. The lowest BCUT2D eigenvalue weighted by Crippen LogP contribution is -2.55. The van der Waals surface area contributed by atoms with E-state index >= 15 is 0 Å². The Morgan fingerprint density at radius 1 is 1.00 bits per heavy atom. The molecule has 1 aliphatic heterocycles. The summed E-state index contributed by atoms with van der Waals surface area (Å²) in [7, 11) is 0. The number of hydrogen-bond donors (Lipinski definition) is 2. The molecule has 3 aromatic rings. The van der Waals surface area contributed by atoms with E-state index in [0.717, 1.165) is 18.2 Å². The van der Waals surface area contributed by atoms with Gasteiger partial charge in [-0.1, -0.05) is 30.3 Å². The summed E-state index contributed by atoms with van der Waals surface area (Å²) in [6.45, 7) is -0.116. The van der Waals surface area contributed by atoms with Gasteiger partial charge in [0, 0.05) is 12.0 Å². The van der Waals surface area contributed by atoms with Gasteiger partial charge in [0.1, 0.15) is 23.0 Å². The Morgan fingerprint density at radius 2 is 1.71 bits per heavy atom. The van der Waals surface area contributed by atoms with Crippen molar-refractivity contribution in [1.82, 2.24) is 15.6 Å². The molecule has 2 aromatic carbocycles. The molecule has 212 valence electrons. The number of aromatic nitrogens is 1. The summed E-state index contributed by atoms with van der Waals surface area (Å²) in [5, 5.41) is 5.14. The summed E-state index contributed by atoms with van der Waals surface area (Å²) < 4.78 is 55.0. The number of alkyl halides is 3. The molecule has 3 amide bonds. The fourth-order valence-electron chi connectivity index (χ4n) is 4.54. The van der Waals surface area contributed by atoms with Crippen LogP contribution in [0.4, 0.5) is 23.2 Å². The second kappa shape index (κ2) is 10.6. The van der Waals surface area contributed by atoms with Gasteiger partial charge in [-0.3, -0.25) is 19.2 Å². The lowest BCUT2D eigenvalue weighted by atomic mass is 10.0. The van der Waals surface area contributed by atoms with Gasteiger partial charge in [-0.05, 0) is 54.8 Å². The SMILES string of the molecule is O=C(NC1(C(=O)N[C@@H]2CC(=O)c3ccccc3N(Cc3ccc(OC(F)(F)F)cc3)C2=O)CC1)c1cccc(F)n1. The van der Waals surface area contributed by atoms with Crippen molar-refractivity contribution in [2.75, 3.05) is 4.90 Å². The van der Waals surface area contributed by atoms with Crippen LogP contribution in [0.5, 0.6) is 5.75 Å². The maximum absolute atomic E-state index is 13.7. The molecule has 41 heavy (non-hydrogen) atoms. The molecule has 0 unspecified atom stereocenters. The van der Waals surface area contributed by atoms with Gasteiger partial charge in [-0.25, -0.2) is 4.98 Å². The van der Waals surface area contributed by atoms with Crippen LogP contribution in [-0.2, 0) is 16.1 Å². The number of benzene rings is 2. The minimum absolute atomic E-state index is 0.116. The fourth-order valence-corrected chi connectivity index (χ4v) is 4.54. The first-order valence-electron chi connectivity index (χ1n) is 12.5. The van der Waals surface area contributed by atoms with Gasteiger partial charge >= 0.3 is 6.36 Å². The van der Waals surface area contributed by atoms with Crippen molar-refractivity contribution >= 4 is 29.2 Å². The standard InChI is InChI=1S/C28H22F4N4O5/c29-23-7-3-5-19(33-23)24(38)35-27(12-13-27)26(40)34-20-14-22(37)18-4-1-2-6-21(18)36(25(20)39)15-16-8-10-17(11-9-16)41-28(30,31)32/h1-11,20H,12-15H2,(H,34,40)(H,35,38)/t20-/m1/s1. The molecule has 1 atom stereocenters. The Morgan fingerprint density at radius 3 is 2.37 bits per heavy atom. The van der Waals surface area contributed by atoms with Crippen molar-refractivity contribution in [3.8, 4) is 5.75 Å². The van der Waals surface area contributed by atoms with E-state index in [1.54, 1.807) is 18.2 Å². The highest BCUT2D eigenvalue weighted by atomic mass is 19.4. The molecule has 5 rings (SSSR count). The Hall–Kier alpha value is -4.81. The molecule has 13 heteroatoms. The quantitative estimate of drug-likeness (QED) is 0.331. The summed E-state index contributed by atoms with van der Waals surface area (Å²) in [5.41, 5.74) is -0.622. The minimum Gasteiger partial charge on any atom is -0.406 e. The molecular formula is C28H22F4N4O5. The summed E-state index contributed by atoms with van der Waals surface area (Å²) >= 11 is 0. The van der Waals surface area contributed by atoms with Crippen LogP contribution in [0.25, 0.3) is 0 Å². The average Bonchev–Trinajstić information content (AvgIpc) is 3.72. The Balaban J connectivity index is 1.36. The van der Waals surface area contributed by atoms with Gasteiger partial charge in [-0.15, -0.1) is 13.2 Å². The number of ether oxygens (including phenoxy) is 1. The maximum Gasteiger partial charge on any atom is 0.573 e. The van der Waals surface area contributed by atoms with E-state index in [9.17, 15) is 36.7 Å². The van der Waals surface area contributed by atoms with Crippen molar-refractivity contribution in [3.05, 3.63) is 89.5 Å². The summed E-state index contributed by atoms with van der Waals surface area (Å²) in [6, 6.07) is 13.6. The highest BCUT2D eigenvalue weighted by molar-refractivity contribution is 6.13. The van der Waals surface area contributed by atoms with Crippen LogP contribution in [0, 0.1) is 5.95 Å². The molecule has 1 fully saturated rings. The van der Waals surface area contributed by atoms with Crippen LogP contribution < -0.4 is 20.3 Å². The van der Waals surface area contributed by atoms with Gasteiger partial charge in [0.15, 0.2) is 5.78 Å². The number of nitrogens with zero attached hydrogens (tertiary/aromatic N) is 2. The van der Waals surface area contributed by atoms with Crippen molar-refractivity contribution < 1.29 is 41.5 Å². The largest absolute Gasteiger partial charge is 0.573 e. The van der Waals surface area contributed by atoms with Gasteiger partial charge in [-0.2, -0.15) is 4.39 Å². The number of Topliss-reactive ketones (excluding diaryl/α,β-unsaturated/α-hetero) is 1. The first-order valence-corrected chi connectivity index (χ1v) is 12.5. The number of rotatable bonds is 7. The Bertz CT molecular complexity index is 1520. The molecular weight excluding hydrogens is 548 g/mol. The van der Waals surface area contributed by atoms with Crippen LogP contribution in [-0.4, -0.2) is 46.4 Å². The molecule has 2 aliphatic rings. The van der Waals surface area contributed by atoms with E-state index in [1.807, 2.05) is 0 Å². The number of hydrogen-bond acceptors (Lipinski definition) is 6. The molecule has 1 aliphatic carbocycles. The number of ketones is 1. The van der Waals surface area contributed by atoms with Gasteiger partial charge in [0.25, 0.3) is 5.91 Å². The van der Waals surface area contributed by atoms with Crippen LogP contribution in [0.2, 0.25) is 0 Å². The van der Waals surface area contributed by atoms with Crippen molar-refractivity contribution in [2.24, 2.45) is 0 Å². The molecule has 0 saturated heterocycles. The highest BCUT2D eigenvalue weighted by Crippen LogP contribution is 2.37. The van der Waals surface area contributed by atoms with Crippen LogP contribution in [0.15, 0.2) is 66.7 Å². The number of anilines is 1. The number of fused-ring (bicyclic) bond motifs is 1. The van der Waals surface area contributed by atoms with E-state index in [1.165, 1.54) is 35.2 Å². The van der Waals surface area contributed by atoms with Crippen LogP contribution in [0.3, 0.4) is 0 Å². The van der Waals surface area contributed by atoms with Crippen LogP contribution >= 0.6 is 0 Å². The zero-order chi connectivity index (χ0) is 29.4. The third-order valence-corrected chi connectivity index (χ3v) is 6.74. The number of carbonyl (C=O) groups is 4. The van der Waals surface area contributed by atoms with Gasteiger partial charge < -0.3 is 20.3 Å². The number of para-hydroxylation sites is 1. The highest BCUT2D eigenvalue weighted by Gasteiger charge is 2.52. The van der Waals surface area contributed by atoms with Crippen molar-refractivity contribution in [2.45, 2.75) is 43.8 Å². The smallest absolute Gasteiger partial charge is 0.406 e. The molecule has 0 radical (unpaired) electrons. The van der Waals surface area contributed by atoms with E-state index in [-0.39, 0.29) is 42.8 Å². The average molecular weight is 570 g/mol. The Labute approximate surface area is 230 Å². The van der Waals surface area contributed by atoms with E-state index in [0.29, 0.717) is 5.56 Å². The summed E-state index contributed by atoms with van der Waals surface area (Å²) in [4.78, 5) is 57.5. The number of carbonyl (C=O) groups excluding carboxylic acids is 4. The van der Waals surface area contributed by atoms with Gasteiger partial charge in [0.2, 0.25) is 17.8 Å². The van der Waals surface area contributed by atoms with Gasteiger partial charge in [0.05, 0.1) is 12.2 Å². The molecule has 1 saturated carbocycles. The zero-order valence-electron chi connectivity index (χ0n) is 21.2. The van der Waals surface area contributed by atoms with E-state index < -0.39 is 53.1 Å². The van der Waals surface area contributed by atoms with E-state index in [4.69, 9.17) is 0 Å². The Kier molecular flexibility index (Phi) is 7.20. The first kappa shape index (κ1) is 27.7. The minimum atomic E-state index is -4.86. The lowest BCUT2D eigenvalue weighted by Gasteiger charge is -2.27. The van der Waals surface area contributed by atoms with Crippen LogP contribution in [0.1, 0.15) is 45.7 Å². The van der Waals surface area contributed by atoms with Crippen molar-refractivity contribution in [3.63, 3.8) is 0 Å². The number of nitrogens with one attached hydrogen (secondary N) is 2. The van der Waals surface area contributed by atoms with Crippen molar-refractivity contribution in [1.29, 1.82) is 0 Å². The first-order chi connectivity index (χ1) is 19.4. The summed E-state index contributed by atoms with van der Waals surface area (Å²) in [6.07, 6.45) is -4.71. The second-order valence-corrected chi connectivity index (χ2v) is 9.67. The molecule has 0 spiro atoms. The molecule has 2 N–H and O–H groups in total. The second-order valence-electron chi connectivity index (χ2n) is 9.67. The monoisotopic (exact) mass is 570 g/mol. The predicted molar refractivity (Wildman–Crippen MR) is 135 cm³/mol. The van der Waals surface area contributed by atoms with E-state index in [2.05, 4.69) is 20.4 Å². The maximum atomic E-state index is 13.7. The molecule has 0 bridgehead atoms. The number of pyridine rings is 1. The number of amides is 3. The fraction of sp³-hybridized carbons (Fsp3) is 0.250. The summed E-state index contributed by atoms with van der Waals surface area (Å²) in [5.74, 6) is -3.79. The zero-order valence-corrected chi connectivity index (χ0v) is 21.2. The topological polar surface area (TPSA) is 118 Å². The predicted octanol–water partition coefficient (Wildman–Crippen LogP) is 3.69.